The highest BCUT2D eigenvalue weighted by Gasteiger charge is 2.21. The third-order valence-electron chi connectivity index (χ3n) is 4.14. The first kappa shape index (κ1) is 14.2. The number of rotatable bonds is 2. The molecule has 0 radical (unpaired) electrons. The van der Waals surface area contributed by atoms with Crippen LogP contribution in [0.3, 0.4) is 0 Å². The van der Waals surface area contributed by atoms with Crippen molar-refractivity contribution in [3.05, 3.63) is 28.8 Å². The fourth-order valence-corrected chi connectivity index (χ4v) is 3.06. The van der Waals surface area contributed by atoms with Crippen LogP contribution in [-0.4, -0.2) is 13.1 Å². The van der Waals surface area contributed by atoms with Crippen LogP contribution < -0.4 is 4.90 Å². The van der Waals surface area contributed by atoms with Gasteiger partial charge in [-0.2, -0.15) is 5.26 Å². The molecular formula is C16H21ClN2. The molecule has 1 saturated heterocycles. The summed E-state index contributed by atoms with van der Waals surface area (Å²) in [5.41, 5.74) is 1.73. The smallest absolute Gasteiger partial charge is 0.101 e. The van der Waals surface area contributed by atoms with Crippen LogP contribution in [0.2, 0.25) is 5.02 Å². The predicted octanol–water partition coefficient (Wildman–Crippen LogP) is 4.47. The summed E-state index contributed by atoms with van der Waals surface area (Å²) in [5, 5.41) is 9.94. The molecule has 0 N–H and O–H groups in total. The average molecular weight is 277 g/mol. The SMILES string of the molecule is CC(C)C1CCCN(c2cc(Cl)ccc2C#N)CC1. The molecule has 1 heterocycles. The maximum atomic E-state index is 9.23. The molecule has 0 spiro atoms. The van der Waals surface area contributed by atoms with E-state index in [1.807, 2.05) is 12.1 Å². The van der Waals surface area contributed by atoms with Crippen LogP contribution in [0.25, 0.3) is 0 Å². The Labute approximate surface area is 121 Å². The minimum atomic E-state index is 0.707. The lowest BCUT2D eigenvalue weighted by Gasteiger charge is -2.24. The van der Waals surface area contributed by atoms with Crippen LogP contribution in [0.15, 0.2) is 18.2 Å². The fraction of sp³-hybridized carbons (Fsp3) is 0.562. The van der Waals surface area contributed by atoms with Crippen molar-refractivity contribution in [1.82, 2.24) is 0 Å². The van der Waals surface area contributed by atoms with Gasteiger partial charge in [-0.3, -0.25) is 0 Å². The molecule has 1 aromatic carbocycles. The quantitative estimate of drug-likeness (QED) is 0.797. The minimum Gasteiger partial charge on any atom is -0.370 e. The summed E-state index contributed by atoms with van der Waals surface area (Å²) in [6.07, 6.45) is 3.69. The van der Waals surface area contributed by atoms with Crippen molar-refractivity contribution in [3.8, 4) is 6.07 Å². The Hall–Kier alpha value is -1.20. The van der Waals surface area contributed by atoms with E-state index in [-0.39, 0.29) is 0 Å². The van der Waals surface area contributed by atoms with Gasteiger partial charge in [-0.1, -0.05) is 25.4 Å². The standard InChI is InChI=1S/C16H21ClN2/c1-12(2)13-4-3-8-19(9-7-13)16-10-15(17)6-5-14(16)11-18/h5-6,10,12-13H,3-4,7-9H2,1-2H3. The van der Waals surface area contributed by atoms with Crippen molar-refractivity contribution < 1.29 is 0 Å². The summed E-state index contributed by atoms with van der Waals surface area (Å²) < 4.78 is 0. The Balaban J connectivity index is 2.19. The van der Waals surface area contributed by atoms with Gasteiger partial charge in [0.25, 0.3) is 0 Å². The first-order chi connectivity index (χ1) is 9.11. The van der Waals surface area contributed by atoms with Crippen LogP contribution >= 0.6 is 11.6 Å². The van der Waals surface area contributed by atoms with Crippen LogP contribution in [0.1, 0.15) is 38.7 Å². The average Bonchev–Trinajstić information content (AvgIpc) is 2.64. The van der Waals surface area contributed by atoms with Gasteiger partial charge in [0.05, 0.1) is 11.3 Å². The Kier molecular flexibility index (Phi) is 4.71. The molecule has 1 fully saturated rings. The Bertz CT molecular complexity index is 476. The molecule has 0 saturated carbocycles. The zero-order valence-corrected chi connectivity index (χ0v) is 12.5. The van der Waals surface area contributed by atoms with E-state index in [4.69, 9.17) is 11.6 Å². The van der Waals surface area contributed by atoms with Gasteiger partial charge >= 0.3 is 0 Å². The molecule has 102 valence electrons. The predicted molar refractivity (Wildman–Crippen MR) is 80.6 cm³/mol. The Morgan fingerprint density at radius 2 is 2.11 bits per heavy atom. The molecule has 1 aliphatic heterocycles. The zero-order chi connectivity index (χ0) is 13.8. The summed E-state index contributed by atoms with van der Waals surface area (Å²) in [5.74, 6) is 1.55. The zero-order valence-electron chi connectivity index (χ0n) is 11.7. The summed E-state index contributed by atoms with van der Waals surface area (Å²) >= 11 is 6.08. The normalized spacial score (nSPS) is 20.2. The van der Waals surface area contributed by atoms with Gasteiger partial charge in [-0.15, -0.1) is 0 Å². The molecule has 0 bridgehead atoms. The number of hydrogen-bond donors (Lipinski definition) is 0. The largest absolute Gasteiger partial charge is 0.370 e. The Morgan fingerprint density at radius 1 is 1.32 bits per heavy atom. The van der Waals surface area contributed by atoms with Gasteiger partial charge in [-0.25, -0.2) is 0 Å². The van der Waals surface area contributed by atoms with E-state index in [2.05, 4.69) is 24.8 Å². The van der Waals surface area contributed by atoms with E-state index in [0.29, 0.717) is 5.02 Å². The van der Waals surface area contributed by atoms with Crippen molar-refractivity contribution in [2.24, 2.45) is 11.8 Å². The number of halogens is 1. The van der Waals surface area contributed by atoms with E-state index in [0.717, 1.165) is 36.2 Å². The lowest BCUT2D eigenvalue weighted by molar-refractivity contribution is 0.351. The van der Waals surface area contributed by atoms with Gasteiger partial charge in [0.15, 0.2) is 0 Å². The molecule has 1 atom stereocenters. The lowest BCUT2D eigenvalue weighted by atomic mass is 9.89. The van der Waals surface area contributed by atoms with E-state index in [9.17, 15) is 5.26 Å². The van der Waals surface area contributed by atoms with Crippen molar-refractivity contribution in [3.63, 3.8) is 0 Å². The number of benzene rings is 1. The van der Waals surface area contributed by atoms with Gasteiger partial charge in [0.1, 0.15) is 6.07 Å². The highest BCUT2D eigenvalue weighted by molar-refractivity contribution is 6.30. The molecule has 0 amide bonds. The van der Waals surface area contributed by atoms with Gasteiger partial charge in [0.2, 0.25) is 0 Å². The fourth-order valence-electron chi connectivity index (χ4n) is 2.89. The Morgan fingerprint density at radius 3 is 2.79 bits per heavy atom. The third kappa shape index (κ3) is 3.42. The maximum Gasteiger partial charge on any atom is 0.101 e. The highest BCUT2D eigenvalue weighted by atomic mass is 35.5. The second-order valence-corrected chi connectivity index (χ2v) is 6.13. The highest BCUT2D eigenvalue weighted by Crippen LogP contribution is 2.30. The lowest BCUT2D eigenvalue weighted by Crippen LogP contribution is -2.25. The molecule has 2 nitrogen and oxygen atoms in total. The molecule has 0 aliphatic carbocycles. The van der Waals surface area contributed by atoms with Crippen molar-refractivity contribution in [1.29, 1.82) is 5.26 Å². The molecule has 19 heavy (non-hydrogen) atoms. The molecule has 1 aliphatic rings. The molecule has 1 unspecified atom stereocenters. The van der Waals surface area contributed by atoms with E-state index in [1.54, 1.807) is 6.07 Å². The van der Waals surface area contributed by atoms with Crippen molar-refractivity contribution in [2.45, 2.75) is 33.1 Å². The molecule has 2 rings (SSSR count). The van der Waals surface area contributed by atoms with E-state index >= 15 is 0 Å². The maximum absolute atomic E-state index is 9.23. The summed E-state index contributed by atoms with van der Waals surface area (Å²) in [7, 11) is 0. The first-order valence-corrected chi connectivity index (χ1v) is 7.44. The monoisotopic (exact) mass is 276 g/mol. The number of nitriles is 1. The topological polar surface area (TPSA) is 27.0 Å². The minimum absolute atomic E-state index is 0.707. The van der Waals surface area contributed by atoms with Crippen LogP contribution in [-0.2, 0) is 0 Å². The van der Waals surface area contributed by atoms with E-state index in [1.165, 1.54) is 19.3 Å². The number of anilines is 1. The van der Waals surface area contributed by atoms with Gasteiger partial charge in [-0.05, 0) is 49.3 Å². The molecular weight excluding hydrogens is 256 g/mol. The molecule has 1 aromatic rings. The van der Waals surface area contributed by atoms with Crippen LogP contribution in [0, 0.1) is 23.2 Å². The van der Waals surface area contributed by atoms with Gasteiger partial charge < -0.3 is 4.90 Å². The van der Waals surface area contributed by atoms with Crippen LogP contribution in [0.4, 0.5) is 5.69 Å². The number of hydrogen-bond acceptors (Lipinski definition) is 2. The summed E-state index contributed by atoms with van der Waals surface area (Å²) in [4.78, 5) is 2.33. The number of nitrogens with zero attached hydrogens (tertiary/aromatic N) is 2. The summed E-state index contributed by atoms with van der Waals surface area (Å²) in [6, 6.07) is 7.81. The molecule has 3 heteroatoms. The van der Waals surface area contributed by atoms with Crippen molar-refractivity contribution >= 4 is 17.3 Å². The molecule has 0 aromatic heterocycles. The summed E-state index contributed by atoms with van der Waals surface area (Å²) in [6.45, 7) is 6.66. The van der Waals surface area contributed by atoms with Crippen LogP contribution in [0.5, 0.6) is 0 Å². The second kappa shape index (κ2) is 6.30. The third-order valence-corrected chi connectivity index (χ3v) is 4.37. The van der Waals surface area contributed by atoms with Crippen molar-refractivity contribution in [2.75, 3.05) is 18.0 Å². The first-order valence-electron chi connectivity index (χ1n) is 7.06. The van der Waals surface area contributed by atoms with Gasteiger partial charge in [0, 0.05) is 18.1 Å². The second-order valence-electron chi connectivity index (χ2n) is 5.70. The van der Waals surface area contributed by atoms with E-state index < -0.39 is 0 Å².